The number of fused-ring (bicyclic) bond motifs is 1. The van der Waals surface area contributed by atoms with Crippen molar-refractivity contribution in [3.63, 3.8) is 0 Å². The van der Waals surface area contributed by atoms with E-state index in [1.165, 1.54) is 17.5 Å². The zero-order valence-corrected chi connectivity index (χ0v) is 11.1. The van der Waals surface area contributed by atoms with E-state index in [2.05, 4.69) is 16.4 Å². The molecule has 0 spiro atoms. The number of hydrogen-bond acceptors (Lipinski definition) is 3. The SMILES string of the molecule is Cc1ccc(NC2CCCc3ccc(O)cc32)cn1. The van der Waals surface area contributed by atoms with Crippen molar-refractivity contribution in [3.05, 3.63) is 53.3 Å². The van der Waals surface area contributed by atoms with Crippen molar-refractivity contribution in [3.8, 4) is 5.75 Å². The summed E-state index contributed by atoms with van der Waals surface area (Å²) in [5, 5.41) is 13.2. The lowest BCUT2D eigenvalue weighted by molar-refractivity contribution is 0.471. The van der Waals surface area contributed by atoms with Gasteiger partial charge in [0, 0.05) is 5.69 Å². The molecule has 0 radical (unpaired) electrons. The predicted molar refractivity (Wildman–Crippen MR) is 76.4 cm³/mol. The molecule has 1 aliphatic rings. The molecule has 1 aromatic carbocycles. The van der Waals surface area contributed by atoms with E-state index in [0.717, 1.165) is 24.2 Å². The highest BCUT2D eigenvalue weighted by molar-refractivity contribution is 5.47. The number of phenols is 1. The number of nitrogens with zero attached hydrogens (tertiary/aromatic N) is 1. The monoisotopic (exact) mass is 254 g/mol. The molecule has 1 unspecified atom stereocenters. The maximum absolute atomic E-state index is 9.67. The van der Waals surface area contributed by atoms with Crippen LogP contribution in [-0.2, 0) is 6.42 Å². The van der Waals surface area contributed by atoms with Crippen LogP contribution in [0.3, 0.4) is 0 Å². The molecule has 0 saturated carbocycles. The molecule has 0 aliphatic heterocycles. The van der Waals surface area contributed by atoms with Gasteiger partial charge in [-0.1, -0.05) is 6.07 Å². The Morgan fingerprint density at radius 1 is 1.26 bits per heavy atom. The largest absolute Gasteiger partial charge is 0.508 e. The topological polar surface area (TPSA) is 45.1 Å². The third kappa shape index (κ3) is 2.55. The Labute approximate surface area is 113 Å². The molecule has 1 heterocycles. The summed E-state index contributed by atoms with van der Waals surface area (Å²) in [5.74, 6) is 0.342. The van der Waals surface area contributed by atoms with Gasteiger partial charge in [-0.2, -0.15) is 0 Å². The lowest BCUT2D eigenvalue weighted by Gasteiger charge is -2.27. The summed E-state index contributed by atoms with van der Waals surface area (Å²) in [6, 6.07) is 10.0. The van der Waals surface area contributed by atoms with Gasteiger partial charge in [0.2, 0.25) is 0 Å². The van der Waals surface area contributed by atoms with Crippen molar-refractivity contribution < 1.29 is 5.11 Å². The van der Waals surface area contributed by atoms with Crippen molar-refractivity contribution >= 4 is 5.69 Å². The molecule has 1 aromatic heterocycles. The number of phenolic OH excluding ortho intramolecular Hbond substituents is 1. The number of benzene rings is 1. The Morgan fingerprint density at radius 3 is 2.95 bits per heavy atom. The number of anilines is 1. The first-order valence-electron chi connectivity index (χ1n) is 6.73. The summed E-state index contributed by atoms with van der Waals surface area (Å²) >= 11 is 0. The first kappa shape index (κ1) is 12.0. The average Bonchev–Trinajstić information content (AvgIpc) is 2.42. The number of pyridine rings is 1. The van der Waals surface area contributed by atoms with Crippen molar-refractivity contribution in [1.82, 2.24) is 4.98 Å². The number of aromatic hydroxyl groups is 1. The van der Waals surface area contributed by atoms with Crippen LogP contribution in [0.4, 0.5) is 5.69 Å². The van der Waals surface area contributed by atoms with Crippen LogP contribution in [0.15, 0.2) is 36.5 Å². The predicted octanol–water partition coefficient (Wildman–Crippen LogP) is 3.59. The second-order valence-electron chi connectivity index (χ2n) is 5.16. The van der Waals surface area contributed by atoms with E-state index in [1.54, 1.807) is 6.07 Å². The quantitative estimate of drug-likeness (QED) is 0.861. The number of aromatic nitrogens is 1. The third-order valence-electron chi connectivity index (χ3n) is 3.70. The van der Waals surface area contributed by atoms with Crippen molar-refractivity contribution in [1.29, 1.82) is 0 Å². The van der Waals surface area contributed by atoms with Crippen LogP contribution in [0.25, 0.3) is 0 Å². The smallest absolute Gasteiger partial charge is 0.115 e. The lowest BCUT2D eigenvalue weighted by Crippen LogP contribution is -2.17. The first-order chi connectivity index (χ1) is 9.22. The summed E-state index contributed by atoms with van der Waals surface area (Å²) in [4.78, 5) is 4.31. The second-order valence-corrected chi connectivity index (χ2v) is 5.16. The Balaban J connectivity index is 1.87. The zero-order chi connectivity index (χ0) is 13.2. The van der Waals surface area contributed by atoms with E-state index in [9.17, 15) is 5.11 Å². The molecule has 0 amide bonds. The molecule has 0 fully saturated rings. The highest BCUT2D eigenvalue weighted by atomic mass is 16.3. The normalized spacial score (nSPS) is 17.8. The van der Waals surface area contributed by atoms with Gasteiger partial charge < -0.3 is 10.4 Å². The van der Waals surface area contributed by atoms with Crippen LogP contribution < -0.4 is 5.32 Å². The fraction of sp³-hybridized carbons (Fsp3) is 0.312. The summed E-state index contributed by atoms with van der Waals surface area (Å²) in [7, 11) is 0. The highest BCUT2D eigenvalue weighted by Crippen LogP contribution is 2.34. The zero-order valence-electron chi connectivity index (χ0n) is 11.1. The van der Waals surface area contributed by atoms with Gasteiger partial charge in [-0.05, 0) is 61.6 Å². The molecule has 2 N–H and O–H groups in total. The van der Waals surface area contributed by atoms with E-state index in [1.807, 2.05) is 31.3 Å². The van der Waals surface area contributed by atoms with Crippen LogP contribution in [0, 0.1) is 6.92 Å². The highest BCUT2D eigenvalue weighted by Gasteiger charge is 2.20. The minimum absolute atomic E-state index is 0.264. The van der Waals surface area contributed by atoms with E-state index in [0.29, 0.717) is 5.75 Å². The van der Waals surface area contributed by atoms with Crippen molar-refractivity contribution in [2.24, 2.45) is 0 Å². The Bertz CT molecular complexity index is 578. The van der Waals surface area contributed by atoms with Gasteiger partial charge in [-0.25, -0.2) is 0 Å². The lowest BCUT2D eigenvalue weighted by atomic mass is 9.87. The molecule has 3 rings (SSSR count). The Morgan fingerprint density at radius 2 is 2.16 bits per heavy atom. The van der Waals surface area contributed by atoms with Gasteiger partial charge in [-0.15, -0.1) is 0 Å². The van der Waals surface area contributed by atoms with Crippen molar-refractivity contribution in [2.75, 3.05) is 5.32 Å². The van der Waals surface area contributed by atoms with Crippen LogP contribution in [0.2, 0.25) is 0 Å². The maximum atomic E-state index is 9.67. The molecule has 98 valence electrons. The third-order valence-corrected chi connectivity index (χ3v) is 3.70. The standard InChI is InChI=1S/C16H18N2O/c1-11-5-7-13(10-17-11)18-16-4-2-3-12-6-8-14(19)9-15(12)16/h5-10,16,18-19H,2-4H2,1H3. The average molecular weight is 254 g/mol. The minimum Gasteiger partial charge on any atom is -0.508 e. The van der Waals surface area contributed by atoms with Crippen LogP contribution >= 0.6 is 0 Å². The van der Waals surface area contributed by atoms with E-state index in [4.69, 9.17) is 0 Å². The first-order valence-corrected chi connectivity index (χ1v) is 6.73. The molecule has 19 heavy (non-hydrogen) atoms. The van der Waals surface area contributed by atoms with Crippen LogP contribution in [0.5, 0.6) is 5.75 Å². The minimum atomic E-state index is 0.264. The van der Waals surface area contributed by atoms with Gasteiger partial charge in [0.25, 0.3) is 0 Å². The summed E-state index contributed by atoms with van der Waals surface area (Å²) in [6.07, 6.45) is 5.23. The molecule has 1 aliphatic carbocycles. The number of rotatable bonds is 2. The molecular formula is C16H18N2O. The van der Waals surface area contributed by atoms with Gasteiger partial charge in [0.1, 0.15) is 5.75 Å². The molecule has 3 heteroatoms. The Hall–Kier alpha value is -2.03. The number of aryl methyl sites for hydroxylation is 2. The van der Waals surface area contributed by atoms with E-state index < -0.39 is 0 Å². The second kappa shape index (κ2) is 4.92. The number of hydrogen-bond donors (Lipinski definition) is 2. The van der Waals surface area contributed by atoms with Crippen molar-refractivity contribution in [2.45, 2.75) is 32.2 Å². The molecule has 0 saturated heterocycles. The van der Waals surface area contributed by atoms with Crippen LogP contribution in [0.1, 0.15) is 35.7 Å². The van der Waals surface area contributed by atoms with E-state index in [-0.39, 0.29) is 6.04 Å². The van der Waals surface area contributed by atoms with Gasteiger partial charge in [0.05, 0.1) is 17.9 Å². The summed E-state index contributed by atoms with van der Waals surface area (Å²) in [6.45, 7) is 1.98. The maximum Gasteiger partial charge on any atom is 0.115 e. The summed E-state index contributed by atoms with van der Waals surface area (Å²) < 4.78 is 0. The van der Waals surface area contributed by atoms with E-state index >= 15 is 0 Å². The molecule has 2 aromatic rings. The fourth-order valence-electron chi connectivity index (χ4n) is 2.69. The van der Waals surface area contributed by atoms with Gasteiger partial charge in [-0.3, -0.25) is 4.98 Å². The molecule has 0 bridgehead atoms. The Kier molecular flexibility index (Phi) is 3.11. The molecule has 1 atom stereocenters. The molecule has 3 nitrogen and oxygen atoms in total. The summed E-state index contributed by atoms with van der Waals surface area (Å²) in [5.41, 5.74) is 4.60. The fourth-order valence-corrected chi connectivity index (χ4v) is 2.69. The van der Waals surface area contributed by atoms with Gasteiger partial charge >= 0.3 is 0 Å². The number of nitrogens with one attached hydrogen (secondary N) is 1. The van der Waals surface area contributed by atoms with Crippen LogP contribution in [-0.4, -0.2) is 10.1 Å². The van der Waals surface area contributed by atoms with Gasteiger partial charge in [0.15, 0.2) is 0 Å². The molecular weight excluding hydrogens is 236 g/mol.